The maximum atomic E-state index is 9.32. The Morgan fingerprint density at radius 2 is 2.33 bits per heavy atom. The highest BCUT2D eigenvalue weighted by atomic mass is 16.3. The lowest BCUT2D eigenvalue weighted by atomic mass is 9.95. The lowest BCUT2D eigenvalue weighted by molar-refractivity contribution is -0.0188. The normalized spacial score (nSPS) is 45.0. The van der Waals surface area contributed by atoms with Gasteiger partial charge in [-0.2, -0.15) is 0 Å². The predicted molar refractivity (Wildman–Crippen MR) is 34.1 cm³/mol. The van der Waals surface area contributed by atoms with Crippen LogP contribution in [0.3, 0.4) is 0 Å². The van der Waals surface area contributed by atoms with Gasteiger partial charge in [0.2, 0.25) is 0 Å². The molecule has 0 spiro atoms. The molecule has 0 saturated carbocycles. The van der Waals surface area contributed by atoms with E-state index in [4.69, 9.17) is 5.11 Å². The molecule has 1 heterocycles. The summed E-state index contributed by atoms with van der Waals surface area (Å²) in [7, 11) is 0. The third-order valence-corrected chi connectivity index (χ3v) is 1.56. The molecule has 1 aliphatic rings. The van der Waals surface area contributed by atoms with Crippen molar-refractivity contribution in [1.82, 2.24) is 5.32 Å². The summed E-state index contributed by atoms with van der Waals surface area (Å²) >= 11 is 0. The fourth-order valence-corrected chi connectivity index (χ4v) is 1.16. The van der Waals surface area contributed by atoms with Crippen LogP contribution in [0.4, 0.5) is 0 Å². The molecule has 0 aromatic carbocycles. The molecule has 54 valence electrons. The number of hydrogen-bond acceptors (Lipinski definition) is 3. The fraction of sp³-hybridized carbons (Fsp3) is 1.00. The van der Waals surface area contributed by atoms with E-state index in [2.05, 4.69) is 5.32 Å². The smallest absolute Gasteiger partial charge is 0.0768 e. The zero-order chi connectivity index (χ0) is 6.91. The van der Waals surface area contributed by atoms with Crippen molar-refractivity contribution in [1.29, 1.82) is 0 Å². The monoisotopic (exact) mass is 131 g/mol. The number of hydrogen-bond donors (Lipinski definition) is 3. The van der Waals surface area contributed by atoms with E-state index in [9.17, 15) is 5.11 Å². The lowest BCUT2D eigenvalue weighted by Gasteiger charge is -2.31. The largest absolute Gasteiger partial charge is 0.392 e. The van der Waals surface area contributed by atoms with Gasteiger partial charge in [-0.1, -0.05) is 0 Å². The van der Waals surface area contributed by atoms with Gasteiger partial charge in [-0.05, 0) is 6.92 Å². The van der Waals surface area contributed by atoms with Gasteiger partial charge >= 0.3 is 0 Å². The van der Waals surface area contributed by atoms with Crippen molar-refractivity contribution in [2.45, 2.75) is 25.0 Å². The van der Waals surface area contributed by atoms with Crippen LogP contribution in [0, 0.1) is 0 Å². The molecular weight excluding hydrogens is 118 g/mol. The quantitative estimate of drug-likeness (QED) is 0.399. The van der Waals surface area contributed by atoms with Gasteiger partial charge < -0.3 is 15.5 Å². The molecule has 0 aromatic rings. The van der Waals surface area contributed by atoms with Gasteiger partial charge in [-0.25, -0.2) is 0 Å². The van der Waals surface area contributed by atoms with Crippen molar-refractivity contribution in [3.05, 3.63) is 0 Å². The summed E-state index contributed by atoms with van der Waals surface area (Å²) in [6.45, 7) is 2.92. The Bertz CT molecular complexity index is 103. The summed E-state index contributed by atoms with van der Waals surface area (Å²) < 4.78 is 0. The molecule has 0 unspecified atom stereocenters. The van der Waals surface area contributed by atoms with Crippen LogP contribution in [0.2, 0.25) is 0 Å². The Hall–Kier alpha value is -0.120. The average Bonchev–Trinajstić information content (AvgIpc) is 1.60. The number of β-amino-alcohol motifs (C(OH)–C–C–N with tert-alkyl or cyclic N) is 2. The molecule has 3 N–H and O–H groups in total. The topological polar surface area (TPSA) is 52.5 Å². The second kappa shape index (κ2) is 2.25. The van der Waals surface area contributed by atoms with Crippen molar-refractivity contribution in [3.63, 3.8) is 0 Å². The molecule has 0 amide bonds. The first-order valence-electron chi connectivity index (χ1n) is 3.21. The first kappa shape index (κ1) is 6.99. The van der Waals surface area contributed by atoms with E-state index in [0.29, 0.717) is 19.5 Å². The van der Waals surface area contributed by atoms with Crippen molar-refractivity contribution >= 4 is 0 Å². The summed E-state index contributed by atoms with van der Waals surface area (Å²) in [4.78, 5) is 0. The molecule has 2 atom stereocenters. The molecule has 9 heavy (non-hydrogen) atoms. The van der Waals surface area contributed by atoms with Crippen molar-refractivity contribution < 1.29 is 10.2 Å². The molecule has 1 rings (SSSR count). The summed E-state index contributed by atoms with van der Waals surface area (Å²) in [5.41, 5.74) is -0.711. The van der Waals surface area contributed by atoms with E-state index in [-0.39, 0.29) is 6.10 Å². The second-order valence-corrected chi connectivity index (χ2v) is 2.99. The van der Waals surface area contributed by atoms with Crippen LogP contribution in [0.5, 0.6) is 0 Å². The minimum Gasteiger partial charge on any atom is -0.392 e. The number of aliphatic hydroxyl groups is 2. The van der Waals surface area contributed by atoms with Gasteiger partial charge in [0, 0.05) is 19.5 Å². The third kappa shape index (κ3) is 1.93. The minimum absolute atomic E-state index is 0.381. The van der Waals surface area contributed by atoms with Gasteiger partial charge in [-0.15, -0.1) is 0 Å². The summed E-state index contributed by atoms with van der Waals surface area (Å²) in [5.74, 6) is 0. The zero-order valence-electron chi connectivity index (χ0n) is 5.59. The number of aliphatic hydroxyl groups excluding tert-OH is 1. The van der Waals surface area contributed by atoms with Gasteiger partial charge in [0.05, 0.1) is 11.7 Å². The number of rotatable bonds is 0. The molecule has 1 fully saturated rings. The van der Waals surface area contributed by atoms with Gasteiger partial charge in [0.25, 0.3) is 0 Å². The predicted octanol–water partition coefficient (Wildman–Crippen LogP) is -0.908. The van der Waals surface area contributed by atoms with Crippen LogP contribution in [0.15, 0.2) is 0 Å². The first-order valence-corrected chi connectivity index (χ1v) is 3.21. The Labute approximate surface area is 54.7 Å². The van der Waals surface area contributed by atoms with E-state index < -0.39 is 5.60 Å². The van der Waals surface area contributed by atoms with E-state index in [1.165, 1.54) is 0 Å². The van der Waals surface area contributed by atoms with Crippen molar-refractivity contribution in [2.75, 3.05) is 13.1 Å². The second-order valence-electron chi connectivity index (χ2n) is 2.99. The molecule has 0 aromatic heterocycles. The van der Waals surface area contributed by atoms with Crippen LogP contribution in [-0.2, 0) is 0 Å². The van der Waals surface area contributed by atoms with Crippen LogP contribution in [0.25, 0.3) is 0 Å². The Morgan fingerprint density at radius 3 is 2.67 bits per heavy atom. The van der Waals surface area contributed by atoms with Crippen molar-refractivity contribution in [3.8, 4) is 0 Å². The summed E-state index contributed by atoms with van der Waals surface area (Å²) in [6.07, 6.45) is 0.105. The third-order valence-electron chi connectivity index (χ3n) is 1.56. The maximum absolute atomic E-state index is 9.32. The highest BCUT2D eigenvalue weighted by Crippen LogP contribution is 2.14. The molecule has 3 heteroatoms. The standard InChI is InChI=1S/C6H13NO2/c1-6(9)2-5(8)3-7-4-6/h5,7-9H,2-4H2,1H3/t5-,6+/m1/s1. The average molecular weight is 131 g/mol. The molecule has 1 aliphatic heterocycles. The molecule has 1 saturated heterocycles. The van der Waals surface area contributed by atoms with E-state index >= 15 is 0 Å². The van der Waals surface area contributed by atoms with Gasteiger partial charge in [-0.3, -0.25) is 0 Å². The maximum Gasteiger partial charge on any atom is 0.0768 e. The SMILES string of the molecule is C[C@@]1(O)CNC[C@H](O)C1. The Morgan fingerprint density at radius 1 is 1.67 bits per heavy atom. The van der Waals surface area contributed by atoms with Crippen LogP contribution >= 0.6 is 0 Å². The minimum atomic E-state index is -0.711. The van der Waals surface area contributed by atoms with E-state index in [0.717, 1.165) is 0 Å². The molecule has 0 aliphatic carbocycles. The Kier molecular flexibility index (Phi) is 1.75. The van der Waals surface area contributed by atoms with Gasteiger partial charge in [0.15, 0.2) is 0 Å². The number of piperidine rings is 1. The highest BCUT2D eigenvalue weighted by Gasteiger charge is 2.27. The molecule has 0 radical (unpaired) electrons. The van der Waals surface area contributed by atoms with Crippen LogP contribution < -0.4 is 5.32 Å². The van der Waals surface area contributed by atoms with Crippen LogP contribution in [0.1, 0.15) is 13.3 Å². The van der Waals surface area contributed by atoms with Crippen molar-refractivity contribution in [2.24, 2.45) is 0 Å². The Balaban J connectivity index is 2.41. The summed E-state index contributed by atoms with van der Waals surface area (Å²) in [5, 5.41) is 21.3. The summed E-state index contributed by atoms with van der Waals surface area (Å²) in [6, 6.07) is 0. The van der Waals surface area contributed by atoms with Gasteiger partial charge in [0.1, 0.15) is 0 Å². The molecule has 0 bridgehead atoms. The fourth-order valence-electron chi connectivity index (χ4n) is 1.16. The zero-order valence-corrected chi connectivity index (χ0v) is 5.59. The van der Waals surface area contributed by atoms with E-state index in [1.54, 1.807) is 6.92 Å². The first-order chi connectivity index (χ1) is 4.10. The number of nitrogens with one attached hydrogen (secondary N) is 1. The molecule has 3 nitrogen and oxygen atoms in total. The van der Waals surface area contributed by atoms with E-state index in [1.807, 2.05) is 0 Å². The lowest BCUT2D eigenvalue weighted by Crippen LogP contribution is -2.49. The van der Waals surface area contributed by atoms with Crippen LogP contribution in [-0.4, -0.2) is 35.0 Å². The molecular formula is C6H13NO2. The highest BCUT2D eigenvalue weighted by molar-refractivity contribution is 4.84.